The van der Waals surface area contributed by atoms with E-state index in [1.54, 1.807) is 4.90 Å². The van der Waals surface area contributed by atoms with E-state index in [2.05, 4.69) is 33.4 Å². The fraction of sp³-hybridized carbons (Fsp3) is 0.462. The summed E-state index contributed by atoms with van der Waals surface area (Å²) in [6.45, 7) is 1.81. The molecule has 2 unspecified atom stereocenters. The van der Waals surface area contributed by atoms with Crippen molar-refractivity contribution in [3.05, 3.63) is 28.2 Å². The number of hydrogen-bond acceptors (Lipinski definition) is 2. The van der Waals surface area contributed by atoms with Crippen LogP contribution in [0, 0.1) is 5.92 Å². The van der Waals surface area contributed by atoms with E-state index in [-0.39, 0.29) is 11.8 Å². The van der Waals surface area contributed by atoms with Crippen LogP contribution in [0.2, 0.25) is 0 Å². The third kappa shape index (κ3) is 1.62. The van der Waals surface area contributed by atoms with Gasteiger partial charge in [-0.3, -0.25) is 4.79 Å². The molecule has 2 atom stereocenters. The molecule has 4 heteroatoms. The van der Waals surface area contributed by atoms with Gasteiger partial charge in [-0.15, -0.1) is 0 Å². The van der Waals surface area contributed by atoms with Gasteiger partial charge in [-0.25, -0.2) is 0 Å². The molecule has 1 fully saturated rings. The van der Waals surface area contributed by atoms with Gasteiger partial charge in [0.1, 0.15) is 0 Å². The van der Waals surface area contributed by atoms with Gasteiger partial charge in [-0.05, 0) is 40.5 Å². The van der Waals surface area contributed by atoms with Crippen LogP contribution in [0.3, 0.4) is 0 Å². The Kier molecular flexibility index (Phi) is 2.71. The lowest BCUT2D eigenvalue weighted by Crippen LogP contribution is -2.49. The van der Waals surface area contributed by atoms with Crippen LogP contribution in [0.4, 0.5) is 5.69 Å². The van der Waals surface area contributed by atoms with E-state index in [0.717, 1.165) is 29.7 Å². The first-order valence-corrected chi connectivity index (χ1v) is 6.76. The molecule has 3 nitrogen and oxygen atoms in total. The van der Waals surface area contributed by atoms with Gasteiger partial charge in [0, 0.05) is 24.0 Å². The third-order valence-corrected chi connectivity index (χ3v) is 4.52. The number of benzene rings is 1. The summed E-state index contributed by atoms with van der Waals surface area (Å²) in [4.78, 5) is 14.1. The molecule has 1 amide bonds. The first-order chi connectivity index (χ1) is 8.20. The maximum absolute atomic E-state index is 12.3. The number of amides is 1. The zero-order valence-corrected chi connectivity index (χ0v) is 11.3. The molecule has 0 spiro atoms. The summed E-state index contributed by atoms with van der Waals surface area (Å²) in [5.74, 6) is 0.726. The molecule has 0 saturated carbocycles. The van der Waals surface area contributed by atoms with E-state index < -0.39 is 0 Å². The lowest BCUT2D eigenvalue weighted by molar-refractivity contribution is -0.123. The minimum Gasteiger partial charge on any atom is -0.316 e. The summed E-state index contributed by atoms with van der Waals surface area (Å²) in [5.41, 5.74) is 2.37. The summed E-state index contributed by atoms with van der Waals surface area (Å²) in [5, 5.41) is 3.32. The Morgan fingerprint density at radius 1 is 1.41 bits per heavy atom. The highest BCUT2D eigenvalue weighted by atomic mass is 79.9. The molecule has 2 aliphatic heterocycles. The molecule has 2 aliphatic rings. The Morgan fingerprint density at radius 3 is 3.06 bits per heavy atom. The zero-order valence-electron chi connectivity index (χ0n) is 9.74. The molecular weight excluding hydrogens is 280 g/mol. The molecule has 1 N–H and O–H groups in total. The summed E-state index contributed by atoms with van der Waals surface area (Å²) in [7, 11) is 1.87. The second-order valence-corrected chi connectivity index (χ2v) is 5.64. The number of anilines is 1. The summed E-state index contributed by atoms with van der Waals surface area (Å²) >= 11 is 3.56. The van der Waals surface area contributed by atoms with Crippen LogP contribution in [0.5, 0.6) is 0 Å². The average molecular weight is 295 g/mol. The minimum absolute atomic E-state index is 0.107. The molecule has 0 aliphatic carbocycles. The Hall–Kier alpha value is -0.870. The predicted octanol–water partition coefficient (Wildman–Crippen LogP) is 2.12. The first kappa shape index (κ1) is 11.2. The SMILES string of the molecule is CN1C(=O)C2CNCCC2c2cccc(Br)c21. The van der Waals surface area contributed by atoms with E-state index in [4.69, 9.17) is 0 Å². The highest BCUT2D eigenvalue weighted by molar-refractivity contribution is 9.10. The number of nitrogens with zero attached hydrogens (tertiary/aromatic N) is 1. The Morgan fingerprint density at radius 2 is 2.24 bits per heavy atom. The number of hydrogen-bond donors (Lipinski definition) is 1. The van der Waals surface area contributed by atoms with Crippen molar-refractivity contribution in [2.24, 2.45) is 5.92 Å². The van der Waals surface area contributed by atoms with Crippen molar-refractivity contribution in [3.63, 3.8) is 0 Å². The summed E-state index contributed by atoms with van der Waals surface area (Å²) in [6, 6.07) is 6.22. The fourth-order valence-electron chi connectivity index (χ4n) is 3.03. The molecule has 0 bridgehead atoms. The normalized spacial score (nSPS) is 27.6. The summed E-state index contributed by atoms with van der Waals surface area (Å²) < 4.78 is 1.02. The third-order valence-electron chi connectivity index (χ3n) is 3.88. The molecule has 1 aromatic rings. The van der Waals surface area contributed by atoms with Crippen molar-refractivity contribution in [2.45, 2.75) is 12.3 Å². The van der Waals surface area contributed by atoms with Gasteiger partial charge in [0.2, 0.25) is 5.91 Å². The molecule has 90 valence electrons. The van der Waals surface area contributed by atoms with Gasteiger partial charge in [-0.2, -0.15) is 0 Å². The van der Waals surface area contributed by atoms with E-state index in [9.17, 15) is 4.79 Å². The highest BCUT2D eigenvalue weighted by Crippen LogP contribution is 2.44. The van der Waals surface area contributed by atoms with Crippen LogP contribution in [-0.2, 0) is 4.79 Å². The lowest BCUT2D eigenvalue weighted by Gasteiger charge is -2.41. The fourth-order valence-corrected chi connectivity index (χ4v) is 3.68. The number of carbonyl (C=O) groups excluding carboxylic acids is 1. The van der Waals surface area contributed by atoms with E-state index in [1.807, 2.05) is 13.1 Å². The van der Waals surface area contributed by atoms with E-state index in [1.165, 1.54) is 5.56 Å². The Labute approximate surface area is 109 Å². The van der Waals surface area contributed by atoms with Crippen LogP contribution in [0.15, 0.2) is 22.7 Å². The van der Waals surface area contributed by atoms with Crippen molar-refractivity contribution in [1.82, 2.24) is 5.32 Å². The molecule has 3 rings (SSSR count). The predicted molar refractivity (Wildman–Crippen MR) is 71.3 cm³/mol. The van der Waals surface area contributed by atoms with Gasteiger partial charge in [0.05, 0.1) is 11.6 Å². The van der Waals surface area contributed by atoms with Crippen LogP contribution in [-0.4, -0.2) is 26.0 Å². The second kappa shape index (κ2) is 4.10. The van der Waals surface area contributed by atoms with Crippen LogP contribution < -0.4 is 10.2 Å². The van der Waals surface area contributed by atoms with Crippen molar-refractivity contribution >= 4 is 27.5 Å². The minimum atomic E-state index is 0.107. The quantitative estimate of drug-likeness (QED) is 0.795. The molecule has 1 saturated heterocycles. The van der Waals surface area contributed by atoms with Gasteiger partial charge in [0.25, 0.3) is 0 Å². The van der Waals surface area contributed by atoms with Gasteiger partial charge in [0.15, 0.2) is 0 Å². The monoisotopic (exact) mass is 294 g/mol. The van der Waals surface area contributed by atoms with Gasteiger partial charge < -0.3 is 10.2 Å². The highest BCUT2D eigenvalue weighted by Gasteiger charge is 2.40. The number of halogens is 1. The maximum atomic E-state index is 12.3. The standard InChI is InChI=1S/C13H15BrN2O/c1-16-12-9(3-2-4-11(12)14)8-5-6-15-7-10(8)13(16)17/h2-4,8,10,15H,5-7H2,1H3. The number of piperidine rings is 1. The van der Waals surface area contributed by atoms with Crippen LogP contribution in [0.1, 0.15) is 17.9 Å². The second-order valence-electron chi connectivity index (χ2n) is 4.78. The van der Waals surface area contributed by atoms with Crippen molar-refractivity contribution < 1.29 is 4.79 Å². The smallest absolute Gasteiger partial charge is 0.231 e. The number of carbonyl (C=O) groups is 1. The molecule has 0 aromatic heterocycles. The van der Waals surface area contributed by atoms with Crippen LogP contribution in [0.25, 0.3) is 0 Å². The Bertz CT molecular complexity index is 474. The average Bonchev–Trinajstić information content (AvgIpc) is 2.36. The molecule has 1 aromatic carbocycles. The number of nitrogens with one attached hydrogen (secondary N) is 1. The van der Waals surface area contributed by atoms with E-state index in [0.29, 0.717) is 5.92 Å². The van der Waals surface area contributed by atoms with Crippen molar-refractivity contribution in [1.29, 1.82) is 0 Å². The topological polar surface area (TPSA) is 32.3 Å². The largest absolute Gasteiger partial charge is 0.316 e. The zero-order chi connectivity index (χ0) is 12.0. The van der Waals surface area contributed by atoms with Crippen LogP contribution >= 0.6 is 15.9 Å². The maximum Gasteiger partial charge on any atom is 0.231 e. The number of para-hydroxylation sites is 1. The van der Waals surface area contributed by atoms with Gasteiger partial charge >= 0.3 is 0 Å². The molecule has 2 heterocycles. The number of rotatable bonds is 0. The lowest BCUT2D eigenvalue weighted by atomic mass is 9.77. The van der Waals surface area contributed by atoms with Crippen molar-refractivity contribution in [2.75, 3.05) is 25.0 Å². The first-order valence-electron chi connectivity index (χ1n) is 5.97. The molecule has 17 heavy (non-hydrogen) atoms. The van der Waals surface area contributed by atoms with Crippen molar-refractivity contribution in [3.8, 4) is 0 Å². The Balaban J connectivity index is 2.16. The van der Waals surface area contributed by atoms with Gasteiger partial charge in [-0.1, -0.05) is 12.1 Å². The molecule has 0 radical (unpaired) electrons. The summed E-state index contributed by atoms with van der Waals surface area (Å²) in [6.07, 6.45) is 1.05. The number of fused-ring (bicyclic) bond motifs is 3. The van der Waals surface area contributed by atoms with E-state index >= 15 is 0 Å². The molecular formula is C13H15BrN2O.